The number of rotatable bonds is 3. The normalized spacial score (nSPS) is 26.7. The first kappa shape index (κ1) is 15.9. The van der Waals surface area contributed by atoms with E-state index in [4.69, 9.17) is 0 Å². The minimum atomic E-state index is -0.913. The van der Waals surface area contributed by atoms with Gasteiger partial charge < -0.3 is 4.90 Å². The van der Waals surface area contributed by atoms with Gasteiger partial charge in [-0.2, -0.15) is 4.39 Å². The van der Waals surface area contributed by atoms with E-state index in [-0.39, 0.29) is 0 Å². The fourth-order valence-electron chi connectivity index (χ4n) is 4.00. The maximum Gasteiger partial charge on any atom is 0.213 e. The Kier molecular flexibility index (Phi) is 4.22. The highest BCUT2D eigenvalue weighted by molar-refractivity contribution is 7.85. The summed E-state index contributed by atoms with van der Waals surface area (Å²) in [6, 6.07) is 9.85. The van der Waals surface area contributed by atoms with Gasteiger partial charge in [0.2, 0.25) is 5.95 Å². The van der Waals surface area contributed by atoms with Gasteiger partial charge in [0.05, 0.1) is 10.8 Å². The molecule has 0 saturated carbocycles. The quantitative estimate of drug-likeness (QED) is 0.798. The lowest BCUT2D eigenvalue weighted by Gasteiger charge is -2.23. The molecule has 2 unspecified atom stereocenters. The van der Waals surface area contributed by atoms with E-state index in [1.165, 1.54) is 30.7 Å². The van der Waals surface area contributed by atoms with Crippen LogP contribution in [-0.4, -0.2) is 39.5 Å². The van der Waals surface area contributed by atoms with Crippen molar-refractivity contribution in [3.05, 3.63) is 48.0 Å². The minimum Gasteiger partial charge on any atom is -0.303 e. The molecular weight excluding hydrogens is 323 g/mol. The van der Waals surface area contributed by atoms with Gasteiger partial charge in [-0.05, 0) is 73.7 Å². The molecule has 5 heteroatoms. The summed E-state index contributed by atoms with van der Waals surface area (Å²) in [6.45, 7) is 1.16. The molecular formula is C19H21FN2OS. The highest BCUT2D eigenvalue weighted by atomic mass is 32.2. The first-order valence-electron chi connectivity index (χ1n) is 8.46. The van der Waals surface area contributed by atoms with E-state index < -0.39 is 16.7 Å². The molecule has 4 rings (SSSR count). The number of hydrogen-bond acceptors (Lipinski definition) is 3. The molecule has 2 aliphatic heterocycles. The number of aromatic nitrogens is 1. The van der Waals surface area contributed by atoms with E-state index in [1.54, 1.807) is 0 Å². The summed E-state index contributed by atoms with van der Waals surface area (Å²) in [5.74, 6) is 0.576. The van der Waals surface area contributed by atoms with Crippen LogP contribution in [0.1, 0.15) is 30.7 Å². The second-order valence-corrected chi connectivity index (χ2v) is 8.31. The number of halogens is 1. The van der Waals surface area contributed by atoms with E-state index in [2.05, 4.69) is 23.0 Å². The molecule has 0 bridgehead atoms. The monoisotopic (exact) mass is 344 g/mol. The lowest BCUT2D eigenvalue weighted by Crippen LogP contribution is -2.27. The molecule has 1 aromatic carbocycles. The third-order valence-electron chi connectivity index (χ3n) is 5.34. The fraction of sp³-hybridized carbons (Fsp3) is 0.421. The molecule has 3 nitrogen and oxygen atoms in total. The van der Waals surface area contributed by atoms with Crippen molar-refractivity contribution in [2.75, 3.05) is 19.3 Å². The van der Waals surface area contributed by atoms with E-state index in [0.717, 1.165) is 29.0 Å². The van der Waals surface area contributed by atoms with Gasteiger partial charge in [-0.25, -0.2) is 4.98 Å². The Morgan fingerprint density at radius 2 is 2.12 bits per heavy atom. The van der Waals surface area contributed by atoms with Crippen molar-refractivity contribution in [2.24, 2.45) is 0 Å². The molecule has 0 amide bonds. The lowest BCUT2D eigenvalue weighted by atomic mass is 9.91. The largest absolute Gasteiger partial charge is 0.303 e. The van der Waals surface area contributed by atoms with Crippen LogP contribution in [0, 0.1) is 5.95 Å². The van der Waals surface area contributed by atoms with E-state index >= 15 is 0 Å². The molecule has 3 atom stereocenters. The van der Waals surface area contributed by atoms with Crippen LogP contribution in [-0.2, 0) is 10.8 Å². The van der Waals surface area contributed by atoms with Gasteiger partial charge in [0.15, 0.2) is 0 Å². The zero-order valence-corrected chi connectivity index (χ0v) is 14.6. The highest BCUT2D eigenvalue weighted by Gasteiger charge is 2.33. The van der Waals surface area contributed by atoms with Crippen molar-refractivity contribution < 1.29 is 8.60 Å². The average molecular weight is 344 g/mol. The summed E-state index contributed by atoms with van der Waals surface area (Å²) in [4.78, 5) is 7.00. The van der Waals surface area contributed by atoms with Gasteiger partial charge in [-0.3, -0.25) is 4.21 Å². The van der Waals surface area contributed by atoms with Crippen LogP contribution in [0.4, 0.5) is 4.39 Å². The summed E-state index contributed by atoms with van der Waals surface area (Å²) in [6.07, 6.45) is 5.02. The molecule has 0 aliphatic carbocycles. The number of nitrogens with zero attached hydrogens (tertiary/aromatic N) is 2. The summed E-state index contributed by atoms with van der Waals surface area (Å²) in [5, 5.41) is 0. The third kappa shape index (κ3) is 2.91. The number of benzene rings is 1. The summed E-state index contributed by atoms with van der Waals surface area (Å²) in [7, 11) is 1.27. The first-order valence-corrected chi connectivity index (χ1v) is 9.78. The van der Waals surface area contributed by atoms with Crippen molar-refractivity contribution in [2.45, 2.75) is 36.1 Å². The Balaban J connectivity index is 1.66. The van der Waals surface area contributed by atoms with Crippen molar-refractivity contribution >= 4 is 10.8 Å². The molecule has 1 saturated heterocycles. The van der Waals surface area contributed by atoms with Gasteiger partial charge in [-0.15, -0.1) is 0 Å². The molecule has 0 radical (unpaired) electrons. The summed E-state index contributed by atoms with van der Waals surface area (Å²) < 4.78 is 25.9. The van der Waals surface area contributed by atoms with Crippen LogP contribution < -0.4 is 0 Å². The SMILES string of the molecule is CN1CCC[C@@H]1CC1CS(=O)c2ccc(-c3ccnc(F)c3)cc21. The minimum absolute atomic E-state index is 0.331. The maximum atomic E-state index is 13.4. The van der Waals surface area contributed by atoms with E-state index in [0.29, 0.717) is 17.7 Å². The Morgan fingerprint density at radius 3 is 2.88 bits per heavy atom. The smallest absolute Gasteiger partial charge is 0.213 e. The van der Waals surface area contributed by atoms with Gasteiger partial charge in [0, 0.05) is 29.0 Å². The van der Waals surface area contributed by atoms with Crippen molar-refractivity contribution in [3.63, 3.8) is 0 Å². The Hall–Kier alpha value is -1.59. The van der Waals surface area contributed by atoms with Crippen LogP contribution in [0.5, 0.6) is 0 Å². The summed E-state index contributed by atoms with van der Waals surface area (Å²) >= 11 is 0. The van der Waals surface area contributed by atoms with Gasteiger partial charge in [-0.1, -0.05) is 6.07 Å². The second kappa shape index (κ2) is 6.37. The van der Waals surface area contributed by atoms with E-state index in [1.807, 2.05) is 18.2 Å². The molecule has 1 fully saturated rings. The van der Waals surface area contributed by atoms with Crippen LogP contribution >= 0.6 is 0 Å². The number of hydrogen-bond donors (Lipinski definition) is 0. The Labute approximate surface area is 144 Å². The Bertz CT molecular complexity index is 795. The zero-order chi connectivity index (χ0) is 16.7. The molecule has 2 aromatic rings. The molecule has 3 heterocycles. The number of fused-ring (bicyclic) bond motifs is 1. The van der Waals surface area contributed by atoms with Crippen LogP contribution in [0.15, 0.2) is 41.4 Å². The van der Waals surface area contributed by atoms with Gasteiger partial charge in [0.25, 0.3) is 0 Å². The first-order chi connectivity index (χ1) is 11.6. The second-order valence-electron chi connectivity index (χ2n) is 6.84. The third-order valence-corrected chi connectivity index (χ3v) is 6.90. The molecule has 0 N–H and O–H groups in total. The van der Waals surface area contributed by atoms with Gasteiger partial charge in [0.1, 0.15) is 0 Å². The molecule has 1 aromatic heterocycles. The predicted octanol–water partition coefficient (Wildman–Crippen LogP) is 3.58. The summed E-state index contributed by atoms with van der Waals surface area (Å²) in [5.41, 5.74) is 2.97. The molecule has 126 valence electrons. The average Bonchev–Trinajstić information content (AvgIpc) is 3.12. The fourth-order valence-corrected chi connectivity index (χ4v) is 5.57. The predicted molar refractivity (Wildman–Crippen MR) is 93.9 cm³/mol. The van der Waals surface area contributed by atoms with Crippen molar-refractivity contribution in [1.29, 1.82) is 0 Å². The van der Waals surface area contributed by atoms with Crippen LogP contribution in [0.25, 0.3) is 11.1 Å². The molecule has 0 spiro atoms. The van der Waals surface area contributed by atoms with Crippen LogP contribution in [0.3, 0.4) is 0 Å². The topological polar surface area (TPSA) is 33.2 Å². The molecule has 2 aliphatic rings. The molecule has 24 heavy (non-hydrogen) atoms. The number of likely N-dealkylation sites (tertiary alicyclic amines) is 1. The standard InChI is InChI=1S/C19H21FN2OS/c1-22-8-2-3-16(22)9-15-12-24(23)18-5-4-13(10-17(15)18)14-6-7-21-19(20)11-14/h4-7,10-11,15-16H,2-3,8-9,12H2,1H3/t15?,16-,24?/m1/s1. The van der Waals surface area contributed by atoms with E-state index in [9.17, 15) is 8.60 Å². The van der Waals surface area contributed by atoms with Crippen molar-refractivity contribution in [1.82, 2.24) is 9.88 Å². The Morgan fingerprint density at radius 1 is 1.29 bits per heavy atom. The van der Waals surface area contributed by atoms with Crippen LogP contribution in [0.2, 0.25) is 0 Å². The number of pyridine rings is 1. The lowest BCUT2D eigenvalue weighted by molar-refractivity contribution is 0.286. The highest BCUT2D eigenvalue weighted by Crippen LogP contribution is 2.39. The maximum absolute atomic E-state index is 13.4. The van der Waals surface area contributed by atoms with Gasteiger partial charge >= 0.3 is 0 Å². The van der Waals surface area contributed by atoms with Crippen molar-refractivity contribution in [3.8, 4) is 11.1 Å². The zero-order valence-electron chi connectivity index (χ0n) is 13.7.